The summed E-state index contributed by atoms with van der Waals surface area (Å²) in [7, 11) is 0. The number of carbonyl (C=O) groups excluding carboxylic acids is 3. The van der Waals surface area contributed by atoms with Gasteiger partial charge in [0.25, 0.3) is 0 Å². The van der Waals surface area contributed by atoms with Crippen LogP contribution in [-0.4, -0.2) is 27.7 Å². The molecule has 3 N–H and O–H groups in total. The Hall–Kier alpha value is -2.85. The number of nitrogens with one attached hydrogen (secondary N) is 3. The molecule has 1 aromatic carbocycles. The fourth-order valence-electron chi connectivity index (χ4n) is 2.28. The molecule has 2 aromatic heterocycles. The molecule has 0 radical (unpaired) electrons. The molecule has 0 saturated carbocycles. The maximum Gasteiger partial charge on any atom is 0.232 e. The molecule has 146 valence electrons. The van der Waals surface area contributed by atoms with E-state index in [2.05, 4.69) is 25.9 Å². The number of thiazole rings is 2. The van der Waals surface area contributed by atoms with Gasteiger partial charge in [0.1, 0.15) is 0 Å². The van der Waals surface area contributed by atoms with E-state index in [-0.39, 0.29) is 30.1 Å². The average Bonchev–Trinajstić information content (AvgIpc) is 3.19. The van der Waals surface area contributed by atoms with Crippen molar-refractivity contribution in [3.8, 4) is 0 Å². The maximum absolute atomic E-state index is 12.3. The lowest BCUT2D eigenvalue weighted by Crippen LogP contribution is -2.18. The standard InChI is InChI=1S/C18H19N5O3S2/c1-9(2)16(26)23-17-20-12(8-27-17)7-15(25)22-18-21-13-5-4-11(19-10(3)24)6-14(13)28-18/h4-6,8-9H,7H2,1-3H3,(H,19,24)(H,20,23,26)(H,21,22,25). The van der Waals surface area contributed by atoms with E-state index in [0.717, 1.165) is 10.2 Å². The number of carbonyl (C=O) groups is 3. The van der Waals surface area contributed by atoms with Gasteiger partial charge in [0.15, 0.2) is 10.3 Å². The molecule has 10 heteroatoms. The Morgan fingerprint density at radius 1 is 1.07 bits per heavy atom. The predicted octanol–water partition coefficient (Wildman–Crippen LogP) is 3.49. The lowest BCUT2D eigenvalue weighted by atomic mass is 10.2. The van der Waals surface area contributed by atoms with Gasteiger partial charge in [-0.3, -0.25) is 14.4 Å². The Morgan fingerprint density at radius 2 is 1.86 bits per heavy atom. The van der Waals surface area contributed by atoms with Crippen LogP contribution in [0.3, 0.4) is 0 Å². The molecule has 3 rings (SSSR count). The summed E-state index contributed by atoms with van der Waals surface area (Å²) in [6.45, 7) is 5.05. The van der Waals surface area contributed by atoms with E-state index in [9.17, 15) is 14.4 Å². The Morgan fingerprint density at radius 3 is 2.57 bits per heavy atom. The van der Waals surface area contributed by atoms with Gasteiger partial charge in [-0.2, -0.15) is 0 Å². The third kappa shape index (κ3) is 5.11. The van der Waals surface area contributed by atoms with Crippen molar-refractivity contribution in [1.82, 2.24) is 9.97 Å². The number of aromatic nitrogens is 2. The Balaban J connectivity index is 1.62. The molecule has 0 unspecified atom stereocenters. The second-order valence-corrected chi connectivity index (χ2v) is 8.28. The summed E-state index contributed by atoms with van der Waals surface area (Å²) < 4.78 is 0.855. The second-order valence-electron chi connectivity index (χ2n) is 6.40. The molecule has 8 nitrogen and oxygen atoms in total. The summed E-state index contributed by atoms with van der Waals surface area (Å²) >= 11 is 2.61. The monoisotopic (exact) mass is 417 g/mol. The predicted molar refractivity (Wildman–Crippen MR) is 112 cm³/mol. The van der Waals surface area contributed by atoms with Crippen LogP contribution in [0.15, 0.2) is 23.6 Å². The van der Waals surface area contributed by atoms with Gasteiger partial charge >= 0.3 is 0 Å². The van der Waals surface area contributed by atoms with Crippen molar-refractivity contribution in [2.75, 3.05) is 16.0 Å². The van der Waals surface area contributed by atoms with Gasteiger partial charge in [-0.1, -0.05) is 25.2 Å². The molecule has 28 heavy (non-hydrogen) atoms. The van der Waals surface area contributed by atoms with Crippen molar-refractivity contribution in [3.05, 3.63) is 29.3 Å². The lowest BCUT2D eigenvalue weighted by molar-refractivity contribution is -0.119. The summed E-state index contributed by atoms with van der Waals surface area (Å²) in [5, 5.41) is 10.9. The second kappa shape index (κ2) is 8.44. The van der Waals surface area contributed by atoms with Gasteiger partial charge in [0.05, 0.1) is 22.3 Å². The lowest BCUT2D eigenvalue weighted by Gasteiger charge is -2.03. The molecular formula is C18H19N5O3S2. The first-order chi connectivity index (χ1) is 13.3. The van der Waals surface area contributed by atoms with Crippen LogP contribution in [0.25, 0.3) is 10.2 Å². The first kappa shape index (κ1) is 19.9. The van der Waals surface area contributed by atoms with Crippen molar-refractivity contribution in [3.63, 3.8) is 0 Å². The van der Waals surface area contributed by atoms with Crippen molar-refractivity contribution < 1.29 is 14.4 Å². The molecule has 0 spiro atoms. The molecule has 0 saturated heterocycles. The molecule has 0 fully saturated rings. The van der Waals surface area contributed by atoms with Crippen molar-refractivity contribution in [1.29, 1.82) is 0 Å². The molecule has 0 atom stereocenters. The van der Waals surface area contributed by atoms with Crippen LogP contribution >= 0.6 is 22.7 Å². The van der Waals surface area contributed by atoms with Gasteiger partial charge < -0.3 is 16.0 Å². The van der Waals surface area contributed by atoms with Crippen LogP contribution in [-0.2, 0) is 20.8 Å². The maximum atomic E-state index is 12.3. The van der Waals surface area contributed by atoms with Crippen LogP contribution in [0.2, 0.25) is 0 Å². The van der Waals surface area contributed by atoms with Gasteiger partial charge in [0, 0.05) is 23.9 Å². The topological polar surface area (TPSA) is 113 Å². The number of fused-ring (bicyclic) bond motifs is 1. The smallest absolute Gasteiger partial charge is 0.232 e. The molecule has 3 aromatic rings. The first-order valence-corrected chi connectivity index (χ1v) is 10.2. The van der Waals surface area contributed by atoms with E-state index >= 15 is 0 Å². The molecule has 2 heterocycles. The van der Waals surface area contributed by atoms with E-state index < -0.39 is 0 Å². The van der Waals surface area contributed by atoms with Crippen LogP contribution in [0, 0.1) is 5.92 Å². The molecule has 0 bridgehead atoms. The zero-order chi connectivity index (χ0) is 20.3. The largest absolute Gasteiger partial charge is 0.326 e. The number of amides is 3. The third-order valence-corrected chi connectivity index (χ3v) is 5.34. The van der Waals surface area contributed by atoms with Crippen LogP contribution in [0.4, 0.5) is 16.0 Å². The van der Waals surface area contributed by atoms with Crippen LogP contribution < -0.4 is 16.0 Å². The minimum absolute atomic E-state index is 0.0844. The van der Waals surface area contributed by atoms with Gasteiger partial charge in [-0.05, 0) is 18.2 Å². The van der Waals surface area contributed by atoms with Crippen LogP contribution in [0.5, 0.6) is 0 Å². The Labute approximate surface area is 169 Å². The zero-order valence-corrected chi connectivity index (χ0v) is 17.2. The van der Waals surface area contributed by atoms with Gasteiger partial charge in [-0.25, -0.2) is 9.97 Å². The van der Waals surface area contributed by atoms with E-state index in [1.165, 1.54) is 29.6 Å². The number of hydrogen-bond acceptors (Lipinski definition) is 7. The van der Waals surface area contributed by atoms with Crippen LogP contribution in [0.1, 0.15) is 26.5 Å². The molecule has 3 amide bonds. The average molecular weight is 418 g/mol. The fourth-order valence-corrected chi connectivity index (χ4v) is 3.92. The minimum Gasteiger partial charge on any atom is -0.326 e. The highest BCUT2D eigenvalue weighted by Gasteiger charge is 2.13. The SMILES string of the molecule is CC(=O)Nc1ccc2nc(NC(=O)Cc3csc(NC(=O)C(C)C)n3)sc2c1. The number of hydrogen-bond donors (Lipinski definition) is 3. The normalized spacial score (nSPS) is 10.9. The van der Waals surface area contributed by atoms with E-state index in [1.807, 2.05) is 6.07 Å². The van der Waals surface area contributed by atoms with Crippen molar-refractivity contribution >= 4 is 66.6 Å². The molecular weight excluding hydrogens is 398 g/mol. The minimum atomic E-state index is -0.242. The molecule has 0 aliphatic heterocycles. The summed E-state index contributed by atoms with van der Waals surface area (Å²) in [5.41, 5.74) is 2.00. The highest BCUT2D eigenvalue weighted by Crippen LogP contribution is 2.28. The quantitative estimate of drug-likeness (QED) is 0.568. The fraction of sp³-hybridized carbons (Fsp3) is 0.278. The number of nitrogens with zero attached hydrogens (tertiary/aromatic N) is 2. The van der Waals surface area contributed by atoms with Gasteiger partial charge in [-0.15, -0.1) is 11.3 Å². The number of anilines is 3. The van der Waals surface area contributed by atoms with E-state index in [1.54, 1.807) is 31.4 Å². The highest BCUT2D eigenvalue weighted by molar-refractivity contribution is 7.22. The first-order valence-electron chi connectivity index (χ1n) is 8.53. The summed E-state index contributed by atoms with van der Waals surface area (Å²) in [6, 6.07) is 5.36. The third-order valence-electron chi connectivity index (χ3n) is 3.60. The summed E-state index contributed by atoms with van der Waals surface area (Å²) in [4.78, 5) is 43.8. The molecule has 0 aliphatic carbocycles. The zero-order valence-electron chi connectivity index (χ0n) is 15.5. The Kier molecular flexibility index (Phi) is 6.00. The Bertz CT molecular complexity index is 1040. The summed E-state index contributed by atoms with van der Waals surface area (Å²) in [6.07, 6.45) is 0.0844. The number of rotatable bonds is 6. The molecule has 0 aliphatic rings. The number of benzene rings is 1. The summed E-state index contributed by atoms with van der Waals surface area (Å²) in [5.74, 6) is -0.642. The van der Waals surface area contributed by atoms with Crippen molar-refractivity contribution in [2.24, 2.45) is 5.92 Å². The van der Waals surface area contributed by atoms with E-state index in [4.69, 9.17) is 0 Å². The van der Waals surface area contributed by atoms with E-state index in [0.29, 0.717) is 21.6 Å². The van der Waals surface area contributed by atoms with Crippen molar-refractivity contribution in [2.45, 2.75) is 27.2 Å². The van der Waals surface area contributed by atoms with Gasteiger partial charge in [0.2, 0.25) is 17.7 Å². The highest BCUT2D eigenvalue weighted by atomic mass is 32.1.